The zero-order chi connectivity index (χ0) is 23.8. The quantitative estimate of drug-likeness (QED) is 0.404. The molecule has 12 nitrogen and oxygen atoms in total. The Bertz CT molecular complexity index is 891. The summed E-state index contributed by atoms with van der Waals surface area (Å²) in [6, 6.07) is 0. The standard InChI is InChI=1S/C18H27N3O9/c1-7-10(22)16(4,28)19-13(25)20(17(5,29)11(23)8-2)15(27)21(14(19)26)18(6,30)12(24)9-3/h28-30H,7-9H2,1-6H3. The Balaban J connectivity index is 4.39. The number of hydrogen-bond donors (Lipinski definition) is 3. The molecule has 0 aliphatic carbocycles. The molecule has 0 bridgehead atoms. The normalized spacial score (nSPS) is 17.5. The molecule has 0 aromatic carbocycles. The number of carbonyl (C=O) groups is 3. The molecule has 1 heterocycles. The first kappa shape index (κ1) is 25.3. The van der Waals surface area contributed by atoms with Gasteiger partial charge in [-0.15, -0.1) is 0 Å². The molecule has 168 valence electrons. The third-order valence-electron chi connectivity index (χ3n) is 5.00. The van der Waals surface area contributed by atoms with Crippen LogP contribution in [-0.4, -0.2) is 46.4 Å². The molecule has 0 saturated heterocycles. The van der Waals surface area contributed by atoms with Crippen molar-refractivity contribution in [1.29, 1.82) is 0 Å². The minimum atomic E-state index is -2.81. The summed E-state index contributed by atoms with van der Waals surface area (Å²) in [6.45, 7) is 6.41. The lowest BCUT2D eigenvalue weighted by Gasteiger charge is -2.31. The van der Waals surface area contributed by atoms with E-state index in [4.69, 9.17) is 0 Å². The van der Waals surface area contributed by atoms with Crippen LogP contribution in [0, 0.1) is 0 Å². The lowest BCUT2D eigenvalue weighted by Crippen LogP contribution is -2.69. The monoisotopic (exact) mass is 429 g/mol. The Morgan fingerprint density at radius 1 is 0.600 bits per heavy atom. The molecule has 0 spiro atoms. The molecule has 0 aliphatic heterocycles. The average molecular weight is 429 g/mol. The van der Waals surface area contributed by atoms with Gasteiger partial charge in [-0.1, -0.05) is 20.8 Å². The highest BCUT2D eigenvalue weighted by molar-refractivity contribution is 5.85. The minimum Gasteiger partial charge on any atom is -0.364 e. The Morgan fingerprint density at radius 3 is 0.900 bits per heavy atom. The second-order valence-corrected chi connectivity index (χ2v) is 7.25. The summed E-state index contributed by atoms with van der Waals surface area (Å²) in [5.74, 6) is -3.04. The summed E-state index contributed by atoms with van der Waals surface area (Å²) < 4.78 is -0.223. The van der Waals surface area contributed by atoms with Crippen molar-refractivity contribution in [2.45, 2.75) is 78.0 Å². The number of rotatable bonds is 9. The van der Waals surface area contributed by atoms with Crippen molar-refractivity contribution < 1.29 is 29.7 Å². The molecule has 12 heteroatoms. The number of ketones is 3. The van der Waals surface area contributed by atoms with E-state index >= 15 is 0 Å². The number of aromatic nitrogens is 3. The highest BCUT2D eigenvalue weighted by atomic mass is 16.3. The molecule has 3 atom stereocenters. The highest BCUT2D eigenvalue weighted by Gasteiger charge is 2.45. The number of hydrogen-bond acceptors (Lipinski definition) is 9. The third kappa shape index (κ3) is 3.73. The molecule has 0 fully saturated rings. The second-order valence-electron chi connectivity index (χ2n) is 7.25. The van der Waals surface area contributed by atoms with Gasteiger partial charge >= 0.3 is 17.1 Å². The Labute approximate surface area is 171 Å². The van der Waals surface area contributed by atoms with Crippen LogP contribution in [0.5, 0.6) is 0 Å². The van der Waals surface area contributed by atoms with E-state index in [1.54, 1.807) is 0 Å². The summed E-state index contributed by atoms with van der Waals surface area (Å²) >= 11 is 0. The molecular weight excluding hydrogens is 402 g/mol. The smallest absolute Gasteiger partial charge is 0.341 e. The first-order valence-electron chi connectivity index (χ1n) is 9.34. The summed E-state index contributed by atoms with van der Waals surface area (Å²) in [5, 5.41) is 31.9. The number of aliphatic hydroxyl groups is 3. The number of nitrogens with zero attached hydrogens (tertiary/aromatic N) is 3. The van der Waals surface area contributed by atoms with Gasteiger partial charge in [0.15, 0.2) is 17.3 Å². The van der Waals surface area contributed by atoms with Gasteiger partial charge in [-0.05, 0) is 20.8 Å². The molecule has 30 heavy (non-hydrogen) atoms. The van der Waals surface area contributed by atoms with Gasteiger partial charge in [-0.3, -0.25) is 14.4 Å². The first-order chi connectivity index (χ1) is 13.5. The maximum absolute atomic E-state index is 13.0. The molecule has 0 aliphatic rings. The molecule has 3 N–H and O–H groups in total. The molecular formula is C18H27N3O9. The zero-order valence-electron chi connectivity index (χ0n) is 17.8. The van der Waals surface area contributed by atoms with E-state index in [0.717, 1.165) is 20.8 Å². The molecule has 1 aromatic heterocycles. The van der Waals surface area contributed by atoms with E-state index in [0.29, 0.717) is 0 Å². The topological polar surface area (TPSA) is 178 Å². The Morgan fingerprint density at radius 2 is 0.767 bits per heavy atom. The van der Waals surface area contributed by atoms with Crippen LogP contribution in [0.3, 0.4) is 0 Å². The fourth-order valence-electron chi connectivity index (χ4n) is 3.04. The lowest BCUT2D eigenvalue weighted by molar-refractivity contribution is -0.154. The van der Waals surface area contributed by atoms with Gasteiger partial charge < -0.3 is 15.3 Å². The summed E-state index contributed by atoms with van der Waals surface area (Å²) in [4.78, 5) is 75.6. The fraction of sp³-hybridized carbons (Fsp3) is 0.667. The van der Waals surface area contributed by atoms with Crippen molar-refractivity contribution in [1.82, 2.24) is 13.7 Å². The summed E-state index contributed by atoms with van der Waals surface area (Å²) in [5.41, 5.74) is -13.4. The second kappa shape index (κ2) is 8.20. The first-order valence-corrected chi connectivity index (χ1v) is 9.34. The predicted molar refractivity (Wildman–Crippen MR) is 103 cm³/mol. The van der Waals surface area contributed by atoms with Crippen molar-refractivity contribution >= 4 is 17.3 Å². The van der Waals surface area contributed by atoms with E-state index in [1.165, 1.54) is 20.8 Å². The largest absolute Gasteiger partial charge is 0.364 e. The number of Topliss-reactive ketones (excluding diaryl/α,β-unsaturated/α-hetero) is 3. The zero-order valence-corrected chi connectivity index (χ0v) is 17.8. The van der Waals surface area contributed by atoms with Gasteiger partial charge in [0.1, 0.15) is 0 Å². The molecule has 0 amide bonds. The van der Waals surface area contributed by atoms with Crippen molar-refractivity contribution in [3.05, 3.63) is 31.5 Å². The SMILES string of the molecule is CCC(=O)C(C)(O)n1c(=O)n(C(C)(O)C(=O)CC)c(=O)n(C(C)(O)C(=O)CC)c1=O. The third-order valence-corrected chi connectivity index (χ3v) is 5.00. The van der Waals surface area contributed by atoms with E-state index in [9.17, 15) is 44.1 Å². The van der Waals surface area contributed by atoms with Gasteiger partial charge in [0.25, 0.3) is 0 Å². The summed E-state index contributed by atoms with van der Waals surface area (Å²) in [6.07, 6.45) is -0.980. The predicted octanol–water partition coefficient (Wildman–Crippen LogP) is -1.90. The molecule has 3 unspecified atom stereocenters. The lowest BCUT2D eigenvalue weighted by atomic mass is 10.1. The average Bonchev–Trinajstić information content (AvgIpc) is 2.64. The van der Waals surface area contributed by atoms with Crippen molar-refractivity contribution in [3.8, 4) is 0 Å². The van der Waals surface area contributed by atoms with Crippen LogP contribution in [0.2, 0.25) is 0 Å². The van der Waals surface area contributed by atoms with Crippen LogP contribution >= 0.6 is 0 Å². The maximum Gasteiger partial charge on any atom is 0.341 e. The van der Waals surface area contributed by atoms with E-state index < -0.39 is 51.6 Å². The van der Waals surface area contributed by atoms with Gasteiger partial charge in [0, 0.05) is 19.3 Å². The van der Waals surface area contributed by atoms with Crippen molar-refractivity contribution in [2.75, 3.05) is 0 Å². The van der Waals surface area contributed by atoms with Crippen molar-refractivity contribution in [2.24, 2.45) is 0 Å². The van der Waals surface area contributed by atoms with Crippen LogP contribution in [0.15, 0.2) is 14.4 Å². The van der Waals surface area contributed by atoms with Crippen LogP contribution in [0.1, 0.15) is 60.8 Å². The van der Waals surface area contributed by atoms with Gasteiger partial charge in [-0.2, -0.15) is 0 Å². The van der Waals surface area contributed by atoms with E-state index in [2.05, 4.69) is 0 Å². The Hall–Kier alpha value is -2.70. The maximum atomic E-state index is 13.0. The van der Waals surface area contributed by atoms with Gasteiger partial charge in [-0.25, -0.2) is 28.1 Å². The molecule has 1 rings (SSSR count). The fourth-order valence-corrected chi connectivity index (χ4v) is 3.04. The van der Waals surface area contributed by atoms with Crippen LogP contribution in [0.25, 0.3) is 0 Å². The highest BCUT2D eigenvalue weighted by Crippen LogP contribution is 2.16. The molecule has 0 radical (unpaired) electrons. The molecule has 1 aromatic rings. The van der Waals surface area contributed by atoms with Gasteiger partial charge in [0.05, 0.1) is 0 Å². The summed E-state index contributed by atoms with van der Waals surface area (Å²) in [7, 11) is 0. The molecule has 0 saturated carbocycles. The number of carbonyl (C=O) groups excluding carboxylic acids is 3. The van der Waals surface area contributed by atoms with Crippen molar-refractivity contribution in [3.63, 3.8) is 0 Å². The van der Waals surface area contributed by atoms with Crippen LogP contribution < -0.4 is 17.1 Å². The van der Waals surface area contributed by atoms with Crippen LogP contribution in [0.4, 0.5) is 0 Å². The van der Waals surface area contributed by atoms with E-state index in [-0.39, 0.29) is 33.0 Å². The minimum absolute atomic E-state index is 0.0744. The van der Waals surface area contributed by atoms with Crippen LogP contribution in [-0.2, 0) is 31.6 Å². The Kier molecular flexibility index (Phi) is 6.93. The van der Waals surface area contributed by atoms with E-state index in [1.807, 2.05) is 0 Å². The van der Waals surface area contributed by atoms with Gasteiger partial charge in [0.2, 0.25) is 17.2 Å².